The molecule has 5 heteroatoms. The highest BCUT2D eigenvalue weighted by Gasteiger charge is 2.32. The van der Waals surface area contributed by atoms with Gasteiger partial charge in [-0.1, -0.05) is 6.58 Å². The van der Waals surface area contributed by atoms with E-state index in [0.717, 1.165) is 6.08 Å². The molecule has 0 saturated heterocycles. The van der Waals surface area contributed by atoms with Crippen LogP contribution in [0.1, 0.15) is 0 Å². The third kappa shape index (κ3) is 2.24. The number of carbonyl (C=O) groups excluding carboxylic acids is 1. The fraction of sp³-hybridized carbons (Fsp3) is 0.400. The molecule has 0 aliphatic rings. The second-order valence-electron chi connectivity index (χ2n) is 1.77. The normalized spacial score (nSPS) is 14.4. The topological polar surface area (TPSA) is 104 Å². The standard InChI is InChI=1S/C5H9NO4/c1-2-3(7)4(6)5(8,9)10/h2,4,8-10H,1,6H2. The van der Waals surface area contributed by atoms with Gasteiger partial charge in [0.25, 0.3) is 5.97 Å². The molecule has 0 aromatic rings. The van der Waals surface area contributed by atoms with Gasteiger partial charge in [-0.05, 0) is 6.08 Å². The molecular weight excluding hydrogens is 138 g/mol. The smallest absolute Gasteiger partial charge is 0.299 e. The summed E-state index contributed by atoms with van der Waals surface area (Å²) >= 11 is 0. The first-order valence-electron chi connectivity index (χ1n) is 2.48. The molecule has 5 N–H and O–H groups in total. The Bertz CT molecular complexity index is 148. The van der Waals surface area contributed by atoms with E-state index in [2.05, 4.69) is 6.58 Å². The fourth-order valence-electron chi connectivity index (χ4n) is 0.318. The molecule has 5 nitrogen and oxygen atoms in total. The summed E-state index contributed by atoms with van der Waals surface area (Å²) in [7, 11) is 0. The zero-order valence-corrected chi connectivity index (χ0v) is 5.19. The van der Waals surface area contributed by atoms with Crippen LogP contribution >= 0.6 is 0 Å². The van der Waals surface area contributed by atoms with E-state index >= 15 is 0 Å². The Balaban J connectivity index is 4.21. The molecule has 0 heterocycles. The Morgan fingerprint density at radius 1 is 1.60 bits per heavy atom. The highest BCUT2D eigenvalue weighted by Crippen LogP contribution is 1.99. The molecule has 0 rings (SSSR count). The Labute approximate surface area is 57.4 Å². The molecule has 0 aromatic heterocycles. The van der Waals surface area contributed by atoms with Crippen molar-refractivity contribution < 1.29 is 20.1 Å². The van der Waals surface area contributed by atoms with Crippen LogP contribution in [0.15, 0.2) is 12.7 Å². The van der Waals surface area contributed by atoms with E-state index in [1.807, 2.05) is 0 Å². The molecule has 10 heavy (non-hydrogen) atoms. The van der Waals surface area contributed by atoms with E-state index < -0.39 is 17.8 Å². The van der Waals surface area contributed by atoms with Crippen molar-refractivity contribution in [3.63, 3.8) is 0 Å². The average molecular weight is 147 g/mol. The molecule has 0 spiro atoms. The van der Waals surface area contributed by atoms with E-state index in [1.165, 1.54) is 0 Å². The van der Waals surface area contributed by atoms with Crippen molar-refractivity contribution in [2.75, 3.05) is 0 Å². The highest BCUT2D eigenvalue weighted by atomic mass is 16.7. The van der Waals surface area contributed by atoms with Gasteiger partial charge >= 0.3 is 0 Å². The van der Waals surface area contributed by atoms with Crippen LogP contribution in [0.3, 0.4) is 0 Å². The van der Waals surface area contributed by atoms with E-state index in [1.54, 1.807) is 0 Å². The van der Waals surface area contributed by atoms with Crippen molar-refractivity contribution in [1.29, 1.82) is 0 Å². The minimum atomic E-state index is -3.16. The van der Waals surface area contributed by atoms with Gasteiger partial charge in [0.05, 0.1) is 0 Å². The zero-order valence-electron chi connectivity index (χ0n) is 5.19. The fourth-order valence-corrected chi connectivity index (χ4v) is 0.318. The second-order valence-corrected chi connectivity index (χ2v) is 1.77. The summed E-state index contributed by atoms with van der Waals surface area (Å²) in [6.45, 7) is 3.03. The molecule has 0 radical (unpaired) electrons. The molecule has 1 atom stereocenters. The van der Waals surface area contributed by atoms with Crippen LogP contribution in [0.5, 0.6) is 0 Å². The molecule has 1 unspecified atom stereocenters. The number of nitrogens with two attached hydrogens (primary N) is 1. The average Bonchev–Trinajstić information content (AvgIpc) is 1.83. The van der Waals surface area contributed by atoms with Crippen LogP contribution in [0.4, 0.5) is 0 Å². The molecule has 0 amide bonds. The first-order chi connectivity index (χ1) is 4.39. The van der Waals surface area contributed by atoms with Gasteiger partial charge < -0.3 is 21.1 Å². The van der Waals surface area contributed by atoms with Gasteiger partial charge in [-0.3, -0.25) is 4.79 Å². The molecule has 0 bridgehead atoms. The van der Waals surface area contributed by atoms with Crippen LogP contribution in [-0.2, 0) is 4.79 Å². The summed E-state index contributed by atoms with van der Waals surface area (Å²) in [5, 5.41) is 24.9. The Hall–Kier alpha value is -0.750. The summed E-state index contributed by atoms with van der Waals surface area (Å²) in [6.07, 6.45) is 0.794. The lowest BCUT2D eigenvalue weighted by atomic mass is 10.1. The first kappa shape index (κ1) is 9.25. The number of hydrogen-bond acceptors (Lipinski definition) is 5. The Morgan fingerprint density at radius 3 is 2.10 bits per heavy atom. The van der Waals surface area contributed by atoms with E-state index in [9.17, 15) is 4.79 Å². The zero-order chi connectivity index (χ0) is 8.36. The minimum Gasteiger partial charge on any atom is -0.342 e. The van der Waals surface area contributed by atoms with Crippen molar-refractivity contribution in [1.82, 2.24) is 0 Å². The van der Waals surface area contributed by atoms with Gasteiger partial charge in [-0.2, -0.15) is 0 Å². The molecule has 0 fully saturated rings. The summed E-state index contributed by atoms with van der Waals surface area (Å²) in [4.78, 5) is 10.4. The van der Waals surface area contributed by atoms with Gasteiger partial charge in [-0.15, -0.1) is 0 Å². The maximum absolute atomic E-state index is 10.4. The summed E-state index contributed by atoms with van der Waals surface area (Å²) in [5.41, 5.74) is 4.83. The Kier molecular flexibility index (Phi) is 2.67. The lowest BCUT2D eigenvalue weighted by Gasteiger charge is -2.18. The second kappa shape index (κ2) is 2.89. The van der Waals surface area contributed by atoms with Crippen LogP contribution in [-0.4, -0.2) is 33.1 Å². The van der Waals surface area contributed by atoms with Crippen molar-refractivity contribution in [2.45, 2.75) is 12.0 Å². The highest BCUT2D eigenvalue weighted by molar-refractivity contribution is 5.94. The lowest BCUT2D eigenvalue weighted by Crippen LogP contribution is -2.52. The predicted molar refractivity (Wildman–Crippen MR) is 32.6 cm³/mol. The molecule has 0 aliphatic heterocycles. The molecule has 0 aliphatic carbocycles. The first-order valence-corrected chi connectivity index (χ1v) is 2.48. The number of ketones is 1. The van der Waals surface area contributed by atoms with Crippen LogP contribution in [0.25, 0.3) is 0 Å². The Morgan fingerprint density at radius 2 is 2.00 bits per heavy atom. The van der Waals surface area contributed by atoms with Gasteiger partial charge in [0.1, 0.15) is 6.04 Å². The lowest BCUT2D eigenvalue weighted by molar-refractivity contribution is -0.316. The van der Waals surface area contributed by atoms with Gasteiger partial charge in [0.15, 0.2) is 5.78 Å². The summed E-state index contributed by atoms with van der Waals surface area (Å²) in [6, 6.07) is -1.76. The monoisotopic (exact) mass is 147 g/mol. The maximum atomic E-state index is 10.4. The molecule has 58 valence electrons. The van der Waals surface area contributed by atoms with Gasteiger partial charge in [0.2, 0.25) is 0 Å². The summed E-state index contributed by atoms with van der Waals surface area (Å²) < 4.78 is 0. The number of carbonyl (C=O) groups is 1. The predicted octanol–water partition coefficient (Wildman–Crippen LogP) is -2.30. The van der Waals surface area contributed by atoms with E-state index in [4.69, 9.17) is 21.1 Å². The minimum absolute atomic E-state index is 0.794. The van der Waals surface area contributed by atoms with Gasteiger partial charge in [-0.25, -0.2) is 0 Å². The van der Waals surface area contributed by atoms with Gasteiger partial charge in [0, 0.05) is 0 Å². The van der Waals surface area contributed by atoms with Crippen LogP contribution in [0, 0.1) is 0 Å². The van der Waals surface area contributed by atoms with Crippen molar-refractivity contribution in [2.24, 2.45) is 5.73 Å². The van der Waals surface area contributed by atoms with Crippen LogP contribution < -0.4 is 5.73 Å². The third-order valence-electron chi connectivity index (χ3n) is 0.925. The van der Waals surface area contributed by atoms with Crippen molar-refractivity contribution in [3.8, 4) is 0 Å². The molecular formula is C5H9NO4. The van der Waals surface area contributed by atoms with E-state index in [0.29, 0.717) is 0 Å². The SMILES string of the molecule is C=CC(=O)C(N)C(O)(O)O. The quantitative estimate of drug-likeness (QED) is 0.265. The van der Waals surface area contributed by atoms with Crippen molar-refractivity contribution in [3.05, 3.63) is 12.7 Å². The number of hydrogen-bond donors (Lipinski definition) is 4. The van der Waals surface area contributed by atoms with Crippen LogP contribution in [0.2, 0.25) is 0 Å². The summed E-state index contributed by atoms with van der Waals surface area (Å²) in [5.74, 6) is -4.00. The molecule has 0 saturated carbocycles. The number of rotatable bonds is 3. The van der Waals surface area contributed by atoms with E-state index in [-0.39, 0.29) is 0 Å². The van der Waals surface area contributed by atoms with Crippen molar-refractivity contribution >= 4 is 5.78 Å². The third-order valence-corrected chi connectivity index (χ3v) is 0.925. The molecule has 0 aromatic carbocycles. The largest absolute Gasteiger partial charge is 0.342 e. The maximum Gasteiger partial charge on any atom is 0.299 e. The number of aliphatic hydroxyl groups is 3.